The van der Waals surface area contributed by atoms with Gasteiger partial charge in [-0.05, 0) is 17.1 Å². The van der Waals surface area contributed by atoms with E-state index in [-0.39, 0.29) is 0 Å². The first-order valence-electron chi connectivity index (χ1n) is 4.11. The van der Waals surface area contributed by atoms with Crippen LogP contribution in [0.4, 0.5) is 0 Å². The molecule has 0 radical (unpaired) electrons. The van der Waals surface area contributed by atoms with E-state index in [2.05, 4.69) is 25.3 Å². The van der Waals surface area contributed by atoms with Crippen LogP contribution in [0, 0.1) is 0 Å². The summed E-state index contributed by atoms with van der Waals surface area (Å²) in [5.41, 5.74) is 1.34. The molecule has 0 aromatic heterocycles. The van der Waals surface area contributed by atoms with Crippen LogP contribution < -0.4 is 10.2 Å². The molecule has 6 heteroatoms. The quantitative estimate of drug-likeness (QED) is 0.306. The molecule has 0 fully saturated rings. The van der Waals surface area contributed by atoms with Crippen molar-refractivity contribution in [2.24, 2.45) is 0 Å². The highest BCUT2D eigenvalue weighted by atomic mass is 32.2. The SMILES string of the molecule is OB(O)c1ccc2c(c1)CC(S)(S)O2. The summed E-state index contributed by atoms with van der Waals surface area (Å²) < 4.78 is 4.60. The Kier molecular flexibility index (Phi) is 2.47. The van der Waals surface area contributed by atoms with Gasteiger partial charge in [0.2, 0.25) is 0 Å². The van der Waals surface area contributed by atoms with E-state index in [1.807, 2.05) is 0 Å². The second-order valence-electron chi connectivity index (χ2n) is 3.26. The average Bonchev–Trinajstić information content (AvgIpc) is 2.36. The molecule has 74 valence electrons. The predicted octanol–water partition coefficient (Wildman–Crippen LogP) is -0.185. The van der Waals surface area contributed by atoms with Crippen molar-refractivity contribution in [3.63, 3.8) is 0 Å². The van der Waals surface area contributed by atoms with Gasteiger partial charge in [-0.2, -0.15) is 0 Å². The van der Waals surface area contributed by atoms with Gasteiger partial charge in [-0.15, -0.1) is 25.3 Å². The van der Waals surface area contributed by atoms with Gasteiger partial charge in [-0.3, -0.25) is 0 Å². The lowest BCUT2D eigenvalue weighted by molar-refractivity contribution is 0.295. The van der Waals surface area contributed by atoms with E-state index in [4.69, 9.17) is 14.8 Å². The highest BCUT2D eigenvalue weighted by Crippen LogP contribution is 2.38. The van der Waals surface area contributed by atoms with Gasteiger partial charge in [0.05, 0.1) is 0 Å². The summed E-state index contributed by atoms with van der Waals surface area (Å²) in [6, 6.07) is 4.99. The Morgan fingerprint density at radius 3 is 2.71 bits per heavy atom. The van der Waals surface area contributed by atoms with Crippen LogP contribution in [-0.4, -0.2) is 21.4 Å². The monoisotopic (exact) mass is 228 g/mol. The molecule has 14 heavy (non-hydrogen) atoms. The van der Waals surface area contributed by atoms with Crippen molar-refractivity contribution in [1.29, 1.82) is 0 Å². The van der Waals surface area contributed by atoms with Crippen LogP contribution in [0.5, 0.6) is 5.75 Å². The van der Waals surface area contributed by atoms with Gasteiger partial charge >= 0.3 is 7.12 Å². The lowest BCUT2D eigenvalue weighted by Crippen LogP contribution is -2.29. The molecule has 1 aliphatic heterocycles. The van der Waals surface area contributed by atoms with Gasteiger partial charge in [-0.25, -0.2) is 0 Å². The van der Waals surface area contributed by atoms with Crippen molar-refractivity contribution < 1.29 is 14.8 Å². The molecule has 0 unspecified atom stereocenters. The first kappa shape index (κ1) is 10.2. The maximum absolute atomic E-state index is 8.96. The minimum atomic E-state index is -1.45. The van der Waals surface area contributed by atoms with Gasteiger partial charge in [0, 0.05) is 6.42 Å². The Morgan fingerprint density at radius 1 is 1.36 bits per heavy atom. The van der Waals surface area contributed by atoms with Gasteiger partial charge in [0.15, 0.2) is 4.27 Å². The van der Waals surface area contributed by atoms with Crippen LogP contribution in [-0.2, 0) is 6.42 Å². The first-order valence-corrected chi connectivity index (χ1v) is 5.00. The minimum absolute atomic E-state index is 0.451. The molecule has 2 N–H and O–H groups in total. The van der Waals surface area contributed by atoms with E-state index in [0.717, 1.165) is 5.56 Å². The van der Waals surface area contributed by atoms with Crippen LogP contribution in [0.15, 0.2) is 18.2 Å². The summed E-state index contributed by atoms with van der Waals surface area (Å²) in [7, 11) is -1.45. The predicted molar refractivity (Wildman–Crippen MR) is 61.3 cm³/mol. The van der Waals surface area contributed by atoms with Crippen molar-refractivity contribution in [2.75, 3.05) is 0 Å². The molecule has 0 saturated heterocycles. The van der Waals surface area contributed by atoms with Gasteiger partial charge < -0.3 is 14.8 Å². The molecule has 1 aromatic rings. The van der Waals surface area contributed by atoms with E-state index in [1.165, 1.54) is 0 Å². The molecule has 1 heterocycles. The van der Waals surface area contributed by atoms with Crippen molar-refractivity contribution in [2.45, 2.75) is 10.7 Å². The Balaban J connectivity index is 2.36. The fourth-order valence-corrected chi connectivity index (χ4v) is 2.00. The highest BCUT2D eigenvalue weighted by Gasteiger charge is 2.32. The standard InChI is InChI=1S/C8H9BO3S2/c10-9(11)6-1-2-7-5(3-6)4-8(13,14)12-7/h1-3,10-11,13-14H,4H2. The maximum Gasteiger partial charge on any atom is 0.488 e. The molecule has 0 aliphatic carbocycles. The third-order valence-electron chi connectivity index (χ3n) is 2.08. The van der Waals surface area contributed by atoms with Crippen molar-refractivity contribution in [1.82, 2.24) is 0 Å². The summed E-state index contributed by atoms with van der Waals surface area (Å²) in [5, 5.41) is 17.9. The molecule has 0 spiro atoms. The first-order chi connectivity index (χ1) is 6.48. The van der Waals surface area contributed by atoms with Gasteiger partial charge in [-0.1, -0.05) is 12.1 Å². The van der Waals surface area contributed by atoms with Crippen LogP contribution in [0.25, 0.3) is 0 Å². The molecular formula is C8H9BO3S2. The topological polar surface area (TPSA) is 49.7 Å². The van der Waals surface area contributed by atoms with E-state index in [0.29, 0.717) is 17.6 Å². The maximum atomic E-state index is 8.96. The Labute approximate surface area is 93.1 Å². The van der Waals surface area contributed by atoms with E-state index in [1.54, 1.807) is 18.2 Å². The lowest BCUT2D eigenvalue weighted by atomic mass is 9.79. The molecule has 0 bridgehead atoms. The molecule has 1 aromatic carbocycles. The molecule has 3 nitrogen and oxygen atoms in total. The zero-order valence-corrected chi connectivity index (χ0v) is 9.00. The third kappa shape index (κ3) is 1.88. The Hall–Kier alpha value is -0.295. The number of rotatable bonds is 1. The smallest absolute Gasteiger partial charge is 0.467 e. The second-order valence-corrected chi connectivity index (χ2v) is 5.06. The molecule has 0 atom stereocenters. The minimum Gasteiger partial charge on any atom is -0.467 e. The molecule has 0 amide bonds. The second kappa shape index (κ2) is 3.38. The Bertz CT molecular complexity index is 368. The summed E-state index contributed by atoms with van der Waals surface area (Å²) in [5.74, 6) is 0.694. The third-order valence-corrected chi connectivity index (χ3v) is 2.58. The molecule has 2 rings (SSSR count). The number of ether oxygens (including phenoxy) is 1. The van der Waals surface area contributed by atoms with Gasteiger partial charge in [0.25, 0.3) is 0 Å². The van der Waals surface area contributed by atoms with E-state index >= 15 is 0 Å². The zero-order chi connectivity index (χ0) is 10.3. The Morgan fingerprint density at radius 2 is 2.07 bits per heavy atom. The highest BCUT2D eigenvalue weighted by molar-refractivity contribution is 8.00. The van der Waals surface area contributed by atoms with Crippen LogP contribution in [0.2, 0.25) is 0 Å². The normalized spacial score (nSPS) is 17.4. The number of thiol groups is 2. The number of hydrogen-bond donors (Lipinski definition) is 4. The van der Waals surface area contributed by atoms with Gasteiger partial charge in [0.1, 0.15) is 5.75 Å². The van der Waals surface area contributed by atoms with Crippen molar-refractivity contribution in [3.05, 3.63) is 23.8 Å². The zero-order valence-electron chi connectivity index (χ0n) is 7.21. The van der Waals surface area contributed by atoms with Crippen LogP contribution in [0.1, 0.15) is 5.56 Å². The van der Waals surface area contributed by atoms with Crippen LogP contribution >= 0.6 is 25.3 Å². The number of benzene rings is 1. The summed E-state index contributed by atoms with van der Waals surface area (Å²) >= 11 is 8.39. The summed E-state index contributed by atoms with van der Waals surface area (Å²) in [6.07, 6.45) is 0.537. The summed E-state index contributed by atoms with van der Waals surface area (Å²) in [4.78, 5) is 0. The number of fused-ring (bicyclic) bond motifs is 1. The molecular weight excluding hydrogens is 219 g/mol. The van der Waals surface area contributed by atoms with Crippen LogP contribution in [0.3, 0.4) is 0 Å². The fourth-order valence-electron chi connectivity index (χ4n) is 1.46. The fraction of sp³-hybridized carbons (Fsp3) is 0.250. The van der Waals surface area contributed by atoms with Crippen molar-refractivity contribution in [3.8, 4) is 5.75 Å². The van der Waals surface area contributed by atoms with Crippen molar-refractivity contribution >= 4 is 37.8 Å². The lowest BCUT2D eigenvalue weighted by Gasteiger charge is -2.14. The largest absolute Gasteiger partial charge is 0.488 e. The molecule has 1 aliphatic rings. The van der Waals surface area contributed by atoms with E-state index in [9.17, 15) is 0 Å². The number of hydrogen-bond acceptors (Lipinski definition) is 5. The average molecular weight is 228 g/mol. The van der Waals surface area contributed by atoms with E-state index < -0.39 is 11.4 Å². The molecule has 0 saturated carbocycles. The summed E-state index contributed by atoms with van der Waals surface area (Å²) in [6.45, 7) is 0.